The van der Waals surface area contributed by atoms with E-state index in [1.807, 2.05) is 0 Å². The van der Waals surface area contributed by atoms with Crippen molar-refractivity contribution in [3.8, 4) is 0 Å². The summed E-state index contributed by atoms with van der Waals surface area (Å²) in [4.78, 5) is 0. The Kier molecular flexibility index (Phi) is 586. The molecule has 0 bridgehead atoms. The minimum Gasteiger partial charge on any atom is -2.00 e. The summed E-state index contributed by atoms with van der Waals surface area (Å²) in [5.41, 5.74) is 0. The van der Waals surface area contributed by atoms with Crippen LogP contribution < -0.4 is 18.9 Å². The normalized spacial score (nSPS) is 0. The monoisotopic (exact) mass is 376 g/mol. The van der Waals surface area contributed by atoms with Gasteiger partial charge in [0.15, 0.2) is 0 Å². The van der Waals surface area contributed by atoms with Crippen molar-refractivity contribution in [2.45, 2.75) is 0 Å². The van der Waals surface area contributed by atoms with Crippen molar-refractivity contribution in [2.24, 2.45) is 0 Å². The molecule has 2 radical (unpaired) electrons. The molecule has 0 aromatic carbocycles. The SMILES string of the molecule is [Li+].[S-2].[S-2].[S-2].[S-2].[Sb+3].[Sn+4]. The molecule has 0 aliphatic heterocycles. The Hall–Kier alpha value is 3.61. The molecule has 0 amide bonds. The van der Waals surface area contributed by atoms with Gasteiger partial charge in [-0.2, -0.15) is 0 Å². The summed E-state index contributed by atoms with van der Waals surface area (Å²) in [6.07, 6.45) is 0. The third-order valence-corrected chi connectivity index (χ3v) is 0. The van der Waals surface area contributed by atoms with Gasteiger partial charge in [-0.05, 0) is 0 Å². The van der Waals surface area contributed by atoms with Crippen molar-refractivity contribution in [3.63, 3.8) is 0 Å². The quantitative estimate of drug-likeness (QED) is 0.382. The molecular weight excluding hydrogens is 376 g/mol. The third-order valence-electron chi connectivity index (χ3n) is 0. The van der Waals surface area contributed by atoms with E-state index >= 15 is 0 Å². The minimum absolute atomic E-state index is 0. The Balaban J connectivity index is 0. The van der Waals surface area contributed by atoms with Gasteiger partial charge in [-0.15, -0.1) is 0 Å². The van der Waals surface area contributed by atoms with Crippen LogP contribution in [0.25, 0.3) is 0 Å². The van der Waals surface area contributed by atoms with Crippen LogP contribution >= 0.6 is 0 Å². The Bertz CT molecular complexity index is 11.7. The van der Waals surface area contributed by atoms with E-state index in [1.54, 1.807) is 0 Å². The topological polar surface area (TPSA) is 0 Å². The van der Waals surface area contributed by atoms with E-state index in [-0.39, 0.29) is 121 Å². The van der Waals surface area contributed by atoms with Crippen molar-refractivity contribution in [1.29, 1.82) is 0 Å². The molecule has 0 atom stereocenters. The summed E-state index contributed by atoms with van der Waals surface area (Å²) in [5.74, 6) is 0. The van der Waals surface area contributed by atoms with Gasteiger partial charge in [0.1, 0.15) is 0 Å². The number of hydrogen-bond donors (Lipinski definition) is 0. The van der Waals surface area contributed by atoms with Crippen molar-refractivity contribution in [2.75, 3.05) is 0 Å². The average molecular weight is 376 g/mol. The van der Waals surface area contributed by atoms with Crippen LogP contribution in [0, 0.1) is 0 Å². The molecule has 0 N–H and O–H groups in total. The first kappa shape index (κ1) is 75.1. The molecule has 0 rings (SSSR count). The smallest absolute Gasteiger partial charge is 2.00 e. The molecule has 0 spiro atoms. The molecule has 0 fully saturated rings. The first-order valence-corrected chi connectivity index (χ1v) is 0. The zero-order valence-electron chi connectivity index (χ0n) is 3.58. The molecule has 0 unspecified atom stereocenters. The van der Waals surface area contributed by atoms with Gasteiger partial charge in [0, 0.05) is 0 Å². The van der Waals surface area contributed by atoms with E-state index in [9.17, 15) is 0 Å². The van der Waals surface area contributed by atoms with Gasteiger partial charge in [-0.1, -0.05) is 0 Å². The van der Waals surface area contributed by atoms with E-state index in [0.717, 1.165) is 0 Å². The van der Waals surface area contributed by atoms with Gasteiger partial charge in [-0.25, -0.2) is 0 Å². The van der Waals surface area contributed by atoms with Crippen LogP contribution in [0.15, 0.2) is 0 Å². The molecule has 0 aromatic rings. The summed E-state index contributed by atoms with van der Waals surface area (Å²) in [5, 5.41) is 0. The van der Waals surface area contributed by atoms with Gasteiger partial charge in [0.05, 0.1) is 0 Å². The van der Waals surface area contributed by atoms with E-state index < -0.39 is 0 Å². The van der Waals surface area contributed by atoms with E-state index in [1.165, 1.54) is 0 Å². The van der Waals surface area contributed by atoms with Gasteiger partial charge < -0.3 is 54.0 Å². The Labute approximate surface area is 119 Å². The molecule has 0 aromatic heterocycles. The first-order valence-electron chi connectivity index (χ1n) is 0. The van der Waals surface area contributed by atoms with Crippen molar-refractivity contribution < 1.29 is 18.9 Å². The van der Waals surface area contributed by atoms with Crippen LogP contribution in [0.4, 0.5) is 0 Å². The third kappa shape index (κ3) is 42.7. The second kappa shape index (κ2) is 54.6. The zero-order chi connectivity index (χ0) is 0. The number of rotatable bonds is 0. The molecule has 34 valence electrons. The van der Waals surface area contributed by atoms with Crippen molar-refractivity contribution in [3.05, 3.63) is 0 Å². The van der Waals surface area contributed by atoms with Crippen LogP contribution in [0.2, 0.25) is 0 Å². The molecule has 0 saturated carbocycles. The predicted octanol–water partition coefficient (Wildman–Crippen LogP) is -3.77. The van der Waals surface area contributed by atoms with Crippen LogP contribution in [0.3, 0.4) is 0 Å². The van der Waals surface area contributed by atoms with Crippen LogP contribution in [0.5, 0.6) is 0 Å². The molecule has 0 saturated heterocycles. The Morgan fingerprint density at radius 1 is 0.571 bits per heavy atom. The van der Waals surface area contributed by atoms with E-state index in [2.05, 4.69) is 0 Å². The maximum atomic E-state index is 0. The average Bonchev–Trinajstić information content (AvgIpc) is 0. The van der Waals surface area contributed by atoms with Gasteiger partial charge >= 0.3 is 67.2 Å². The summed E-state index contributed by atoms with van der Waals surface area (Å²) in [6.45, 7) is 0. The molecule has 0 nitrogen and oxygen atoms in total. The molecule has 0 aliphatic rings. The molecule has 0 aliphatic carbocycles. The van der Waals surface area contributed by atoms with Crippen molar-refractivity contribution in [1.82, 2.24) is 0 Å². The predicted molar refractivity (Wildman–Crippen MR) is 41.0 cm³/mol. The standard InChI is InChI=1S/Li.4S.Sb.Sn/q+1;4*-2;+3;+4. The van der Waals surface area contributed by atoms with Gasteiger partial charge in [0.25, 0.3) is 0 Å². The van der Waals surface area contributed by atoms with Crippen LogP contribution in [-0.4, -0.2) is 48.3 Å². The summed E-state index contributed by atoms with van der Waals surface area (Å²) >= 11 is 0. The van der Waals surface area contributed by atoms with Gasteiger partial charge in [-0.3, -0.25) is 0 Å². The second-order valence-corrected chi connectivity index (χ2v) is 0. The fraction of sp³-hybridized carbons (Fsp3) is 0. The first-order chi connectivity index (χ1) is 0. The summed E-state index contributed by atoms with van der Waals surface area (Å²) in [6, 6.07) is 0. The summed E-state index contributed by atoms with van der Waals surface area (Å²) in [7, 11) is 0. The summed E-state index contributed by atoms with van der Waals surface area (Å²) < 4.78 is 0. The molecule has 7 heavy (non-hydrogen) atoms. The Morgan fingerprint density at radius 3 is 0.571 bits per heavy atom. The van der Waals surface area contributed by atoms with Crippen molar-refractivity contribution >= 4 is 102 Å². The van der Waals surface area contributed by atoms with Gasteiger partial charge in [0.2, 0.25) is 0 Å². The van der Waals surface area contributed by atoms with Crippen LogP contribution in [0.1, 0.15) is 0 Å². The number of hydrogen-bond acceptors (Lipinski definition) is 0. The molecule has 0 heterocycles. The van der Waals surface area contributed by atoms with E-state index in [0.29, 0.717) is 0 Å². The zero-order valence-corrected chi connectivity index (χ0v) is 12.3. The largest absolute Gasteiger partial charge is 4.00 e. The maximum absolute atomic E-state index is 0. The van der Waals surface area contributed by atoms with E-state index in [4.69, 9.17) is 0 Å². The maximum Gasteiger partial charge on any atom is 4.00 e. The fourth-order valence-electron chi connectivity index (χ4n) is 0. The second-order valence-electron chi connectivity index (χ2n) is 0. The molecule has 7 heteroatoms. The minimum atomic E-state index is 0. The Morgan fingerprint density at radius 2 is 0.571 bits per heavy atom. The fourth-order valence-corrected chi connectivity index (χ4v) is 0. The van der Waals surface area contributed by atoms with Crippen LogP contribution in [-0.2, 0) is 54.0 Å². The molecular formula is LiS4SbSn.